The number of benzene rings is 1. The van der Waals surface area contributed by atoms with E-state index in [1.165, 1.54) is 43.9 Å². The molecule has 2 amide bonds. The van der Waals surface area contributed by atoms with Gasteiger partial charge >= 0.3 is 0 Å². The summed E-state index contributed by atoms with van der Waals surface area (Å²) in [5.74, 6) is 0.917. The number of nitrogens with one attached hydrogen (secondary N) is 2. The van der Waals surface area contributed by atoms with Crippen LogP contribution in [0.3, 0.4) is 0 Å². The highest BCUT2D eigenvalue weighted by atomic mass is 32.2. The average Bonchev–Trinajstić information content (AvgIpc) is 2.69. The fourth-order valence-electron chi connectivity index (χ4n) is 3.19. The van der Waals surface area contributed by atoms with Crippen molar-refractivity contribution in [3.05, 3.63) is 29.8 Å². The Morgan fingerprint density at radius 1 is 1.08 bits per heavy atom. The van der Waals surface area contributed by atoms with E-state index in [4.69, 9.17) is 5.73 Å². The van der Waals surface area contributed by atoms with Crippen LogP contribution in [0.1, 0.15) is 55.3 Å². The number of nitrogens with two attached hydrogens (primary N) is 1. The number of thioether (sulfide) groups is 1. The van der Waals surface area contributed by atoms with Crippen LogP contribution < -0.4 is 16.4 Å². The van der Waals surface area contributed by atoms with Gasteiger partial charge in [-0.1, -0.05) is 31.4 Å². The van der Waals surface area contributed by atoms with E-state index in [1.54, 1.807) is 6.07 Å². The van der Waals surface area contributed by atoms with Gasteiger partial charge < -0.3 is 16.4 Å². The highest BCUT2D eigenvalue weighted by Gasteiger charge is 2.15. The minimum Gasteiger partial charge on any atom is -0.355 e. The van der Waals surface area contributed by atoms with Crippen molar-refractivity contribution in [1.82, 2.24) is 10.6 Å². The third kappa shape index (κ3) is 7.38. The van der Waals surface area contributed by atoms with Crippen molar-refractivity contribution >= 4 is 23.6 Å². The predicted octanol–water partition coefficient (Wildman–Crippen LogP) is 2.94. The minimum absolute atomic E-state index is 0.0405. The van der Waals surface area contributed by atoms with Crippen LogP contribution in [0.15, 0.2) is 29.2 Å². The molecule has 144 valence electrons. The lowest BCUT2D eigenvalue weighted by atomic mass is 9.89. The number of rotatable bonds is 10. The molecule has 0 saturated heterocycles. The smallest absolute Gasteiger partial charge is 0.252 e. The molecule has 0 atom stereocenters. The zero-order chi connectivity index (χ0) is 18.6. The summed E-state index contributed by atoms with van der Waals surface area (Å²) in [6.07, 6.45) is 8.11. The van der Waals surface area contributed by atoms with Gasteiger partial charge in [-0.15, -0.1) is 11.8 Å². The molecule has 1 aromatic rings. The number of carbonyl (C=O) groups excluding carboxylic acids is 2. The van der Waals surface area contributed by atoms with Crippen molar-refractivity contribution in [3.8, 4) is 0 Å². The van der Waals surface area contributed by atoms with E-state index >= 15 is 0 Å². The van der Waals surface area contributed by atoms with Crippen molar-refractivity contribution in [2.24, 2.45) is 11.7 Å². The third-order valence-electron chi connectivity index (χ3n) is 4.72. The highest BCUT2D eigenvalue weighted by molar-refractivity contribution is 8.00. The van der Waals surface area contributed by atoms with Gasteiger partial charge in [0.25, 0.3) is 5.91 Å². The fraction of sp³-hybridized carbons (Fsp3) is 0.600. The molecule has 0 radical (unpaired) electrons. The first-order chi connectivity index (χ1) is 12.7. The van der Waals surface area contributed by atoms with Crippen molar-refractivity contribution in [3.63, 3.8) is 0 Å². The number of hydrogen-bond donors (Lipinski definition) is 3. The number of hydrogen-bond acceptors (Lipinski definition) is 4. The number of carbonyl (C=O) groups is 2. The maximum Gasteiger partial charge on any atom is 0.252 e. The maximum absolute atomic E-state index is 12.3. The van der Waals surface area contributed by atoms with Crippen LogP contribution in [0, 0.1) is 5.92 Å². The van der Waals surface area contributed by atoms with Gasteiger partial charge in [0.05, 0.1) is 11.3 Å². The van der Waals surface area contributed by atoms with Gasteiger partial charge in [0.1, 0.15) is 0 Å². The van der Waals surface area contributed by atoms with Gasteiger partial charge in [-0.25, -0.2) is 0 Å². The Morgan fingerprint density at radius 2 is 1.85 bits per heavy atom. The van der Waals surface area contributed by atoms with Crippen LogP contribution >= 0.6 is 11.8 Å². The Hall–Kier alpha value is -1.53. The Morgan fingerprint density at radius 3 is 2.62 bits per heavy atom. The molecule has 0 bridgehead atoms. The molecule has 1 aromatic carbocycles. The summed E-state index contributed by atoms with van der Waals surface area (Å²) in [7, 11) is 0. The second-order valence-electron chi connectivity index (χ2n) is 6.84. The average molecular weight is 378 g/mol. The van der Waals surface area contributed by atoms with E-state index in [2.05, 4.69) is 10.6 Å². The quantitative estimate of drug-likeness (QED) is 0.432. The van der Waals surface area contributed by atoms with Crippen molar-refractivity contribution in [1.29, 1.82) is 0 Å². The molecule has 1 fully saturated rings. The van der Waals surface area contributed by atoms with Gasteiger partial charge in [-0.05, 0) is 50.3 Å². The first kappa shape index (κ1) is 20.8. The Balaban J connectivity index is 1.77. The summed E-state index contributed by atoms with van der Waals surface area (Å²) in [6, 6.07) is 7.45. The Kier molecular flexibility index (Phi) is 9.56. The van der Waals surface area contributed by atoms with E-state index in [0.29, 0.717) is 30.3 Å². The van der Waals surface area contributed by atoms with Gasteiger partial charge in [-0.2, -0.15) is 0 Å². The van der Waals surface area contributed by atoms with E-state index in [-0.39, 0.29) is 11.8 Å². The summed E-state index contributed by atoms with van der Waals surface area (Å²) in [6.45, 7) is 2.04. The van der Waals surface area contributed by atoms with E-state index < -0.39 is 0 Å². The molecule has 0 spiro atoms. The lowest BCUT2D eigenvalue weighted by Crippen LogP contribution is -2.31. The van der Waals surface area contributed by atoms with Crippen molar-refractivity contribution in [2.75, 3.05) is 25.4 Å². The van der Waals surface area contributed by atoms with Gasteiger partial charge in [0, 0.05) is 18.0 Å². The van der Waals surface area contributed by atoms with Crippen LogP contribution in [0.5, 0.6) is 0 Å². The van der Waals surface area contributed by atoms with Crippen LogP contribution in [-0.2, 0) is 4.79 Å². The predicted molar refractivity (Wildman–Crippen MR) is 107 cm³/mol. The molecular weight excluding hydrogens is 346 g/mol. The lowest BCUT2D eigenvalue weighted by Gasteiger charge is -2.21. The Bertz CT molecular complexity index is 574. The Labute approximate surface area is 160 Å². The summed E-state index contributed by atoms with van der Waals surface area (Å²) in [5, 5.41) is 5.97. The van der Waals surface area contributed by atoms with Crippen molar-refractivity contribution < 1.29 is 9.59 Å². The molecule has 6 heteroatoms. The van der Waals surface area contributed by atoms with E-state index in [9.17, 15) is 9.59 Å². The SMILES string of the molecule is NCCCCNC(=O)c1ccccc1SCC(=O)NCC1CCCCC1. The molecule has 2 rings (SSSR count). The lowest BCUT2D eigenvalue weighted by molar-refractivity contribution is -0.118. The first-order valence-electron chi connectivity index (χ1n) is 9.67. The molecule has 0 aliphatic heterocycles. The highest BCUT2D eigenvalue weighted by Crippen LogP contribution is 2.24. The topological polar surface area (TPSA) is 84.2 Å². The molecule has 26 heavy (non-hydrogen) atoms. The third-order valence-corrected chi connectivity index (χ3v) is 5.79. The van der Waals surface area contributed by atoms with Crippen LogP contribution in [0.2, 0.25) is 0 Å². The fourth-order valence-corrected chi connectivity index (χ4v) is 4.07. The molecule has 5 nitrogen and oxygen atoms in total. The molecule has 1 aliphatic carbocycles. The largest absolute Gasteiger partial charge is 0.355 e. The van der Waals surface area contributed by atoms with Gasteiger partial charge in [0.15, 0.2) is 0 Å². The molecule has 0 unspecified atom stereocenters. The second kappa shape index (κ2) is 12.0. The van der Waals surface area contributed by atoms with E-state index in [1.807, 2.05) is 18.2 Å². The minimum atomic E-state index is -0.0901. The zero-order valence-electron chi connectivity index (χ0n) is 15.5. The first-order valence-corrected chi connectivity index (χ1v) is 10.7. The van der Waals surface area contributed by atoms with Crippen LogP contribution in [0.4, 0.5) is 0 Å². The molecule has 1 saturated carbocycles. The van der Waals surface area contributed by atoms with Crippen LogP contribution in [-0.4, -0.2) is 37.2 Å². The molecule has 0 heterocycles. The summed E-state index contributed by atoms with van der Waals surface area (Å²) >= 11 is 1.42. The summed E-state index contributed by atoms with van der Waals surface area (Å²) in [5.41, 5.74) is 6.10. The standard InChI is InChI=1S/C20H31N3O2S/c21-12-6-7-13-22-20(25)17-10-4-5-11-18(17)26-15-19(24)23-14-16-8-2-1-3-9-16/h4-5,10-11,16H,1-3,6-9,12-15,21H2,(H,22,25)(H,23,24). The van der Waals surface area contributed by atoms with Crippen LogP contribution in [0.25, 0.3) is 0 Å². The summed E-state index contributed by atoms with van der Waals surface area (Å²) < 4.78 is 0. The number of unbranched alkanes of at least 4 members (excludes halogenated alkanes) is 1. The van der Waals surface area contributed by atoms with E-state index in [0.717, 1.165) is 24.3 Å². The molecular formula is C20H31N3O2S. The molecule has 0 aromatic heterocycles. The normalized spacial score (nSPS) is 14.8. The van der Waals surface area contributed by atoms with Gasteiger partial charge in [0.2, 0.25) is 5.91 Å². The molecule has 4 N–H and O–H groups in total. The van der Waals surface area contributed by atoms with Gasteiger partial charge in [-0.3, -0.25) is 9.59 Å². The van der Waals surface area contributed by atoms with Crippen molar-refractivity contribution in [2.45, 2.75) is 49.8 Å². The maximum atomic E-state index is 12.3. The summed E-state index contributed by atoms with van der Waals surface area (Å²) in [4.78, 5) is 25.3. The zero-order valence-corrected chi connectivity index (χ0v) is 16.3. The number of amides is 2. The monoisotopic (exact) mass is 377 g/mol. The second-order valence-corrected chi connectivity index (χ2v) is 7.86. The molecule has 1 aliphatic rings.